The second-order valence-electron chi connectivity index (χ2n) is 7.08. The normalized spacial score (nSPS) is 22.1. The Bertz CT molecular complexity index is 341. The molecule has 0 aromatic carbocycles. The highest BCUT2D eigenvalue weighted by Crippen LogP contribution is 2.37. The van der Waals surface area contributed by atoms with Crippen LogP contribution in [0.5, 0.6) is 0 Å². The molecule has 0 aliphatic carbocycles. The van der Waals surface area contributed by atoms with Gasteiger partial charge in [0, 0.05) is 12.8 Å². The molecule has 0 bridgehead atoms. The van der Waals surface area contributed by atoms with Gasteiger partial charge in [-0.15, -0.1) is 0 Å². The Morgan fingerprint density at radius 2 is 1.70 bits per heavy atom. The van der Waals surface area contributed by atoms with Gasteiger partial charge < -0.3 is 9.84 Å². The maximum absolute atomic E-state index is 11.2. The Kier molecular flexibility index (Phi) is 10.3. The van der Waals surface area contributed by atoms with E-state index in [1.807, 2.05) is 19.1 Å². The van der Waals surface area contributed by atoms with E-state index in [4.69, 9.17) is 4.74 Å². The topological polar surface area (TPSA) is 46.5 Å². The monoisotopic (exact) mass is 324 g/mol. The van der Waals surface area contributed by atoms with Crippen molar-refractivity contribution < 1.29 is 14.6 Å². The fourth-order valence-electron chi connectivity index (χ4n) is 3.36. The van der Waals surface area contributed by atoms with Crippen LogP contribution >= 0.6 is 0 Å². The summed E-state index contributed by atoms with van der Waals surface area (Å²) in [6, 6.07) is 0. The van der Waals surface area contributed by atoms with Crippen LogP contribution in [0.4, 0.5) is 0 Å². The summed E-state index contributed by atoms with van der Waals surface area (Å²) < 4.78 is 5.34. The second-order valence-corrected chi connectivity index (χ2v) is 7.08. The zero-order valence-corrected chi connectivity index (χ0v) is 15.2. The van der Waals surface area contributed by atoms with Crippen molar-refractivity contribution in [2.24, 2.45) is 0 Å². The van der Waals surface area contributed by atoms with Gasteiger partial charge in [-0.3, -0.25) is 4.79 Å². The third kappa shape index (κ3) is 8.55. The van der Waals surface area contributed by atoms with Crippen molar-refractivity contribution in [2.75, 3.05) is 0 Å². The Morgan fingerprint density at radius 3 is 2.22 bits per heavy atom. The van der Waals surface area contributed by atoms with Crippen LogP contribution in [-0.4, -0.2) is 22.8 Å². The van der Waals surface area contributed by atoms with Crippen LogP contribution in [0.2, 0.25) is 0 Å². The molecule has 1 aliphatic heterocycles. The first kappa shape index (κ1) is 20.2. The maximum Gasteiger partial charge on any atom is 0.310 e. The molecule has 0 saturated carbocycles. The molecule has 3 nitrogen and oxygen atoms in total. The second kappa shape index (κ2) is 11.7. The molecule has 1 aliphatic rings. The zero-order valence-electron chi connectivity index (χ0n) is 15.2. The highest BCUT2D eigenvalue weighted by atomic mass is 16.6. The SMILES string of the molecule is CC=CC[C@]1(CC(O)CCCCCCCCCCC)CC(=O)O1. The largest absolute Gasteiger partial charge is 0.458 e. The van der Waals surface area contributed by atoms with Crippen molar-refractivity contribution in [3.8, 4) is 0 Å². The lowest BCUT2D eigenvalue weighted by atomic mass is 9.83. The molecule has 2 atom stereocenters. The first-order chi connectivity index (χ1) is 11.1. The minimum atomic E-state index is -0.428. The summed E-state index contributed by atoms with van der Waals surface area (Å²) in [5.41, 5.74) is -0.428. The number of hydrogen-bond donors (Lipinski definition) is 1. The average Bonchev–Trinajstić information content (AvgIpc) is 2.49. The summed E-state index contributed by atoms with van der Waals surface area (Å²) in [5.74, 6) is -0.134. The first-order valence-corrected chi connectivity index (χ1v) is 9.63. The van der Waals surface area contributed by atoms with Crippen molar-refractivity contribution >= 4 is 5.97 Å². The zero-order chi connectivity index (χ0) is 17.0. The molecule has 134 valence electrons. The van der Waals surface area contributed by atoms with Gasteiger partial charge in [0.25, 0.3) is 0 Å². The number of aliphatic hydroxyl groups is 1. The van der Waals surface area contributed by atoms with E-state index in [1.54, 1.807) is 0 Å². The summed E-state index contributed by atoms with van der Waals surface area (Å²) in [5, 5.41) is 10.2. The maximum atomic E-state index is 11.2. The number of carbonyl (C=O) groups excluding carboxylic acids is 1. The quantitative estimate of drug-likeness (QED) is 0.267. The number of rotatable bonds is 14. The number of hydrogen-bond acceptors (Lipinski definition) is 3. The van der Waals surface area contributed by atoms with Gasteiger partial charge in [0.2, 0.25) is 0 Å². The number of unbranched alkanes of at least 4 members (excludes halogenated alkanes) is 8. The summed E-state index contributed by atoms with van der Waals surface area (Å²) in [6.07, 6.45) is 17.9. The number of cyclic esters (lactones) is 1. The molecule has 1 fully saturated rings. The molecule has 0 radical (unpaired) electrons. The molecule has 0 spiro atoms. The summed E-state index contributed by atoms with van der Waals surface area (Å²) >= 11 is 0. The molecule has 1 N–H and O–H groups in total. The average molecular weight is 325 g/mol. The minimum absolute atomic E-state index is 0.134. The van der Waals surface area contributed by atoms with Crippen molar-refractivity contribution in [3.63, 3.8) is 0 Å². The van der Waals surface area contributed by atoms with Crippen molar-refractivity contribution in [2.45, 2.75) is 109 Å². The van der Waals surface area contributed by atoms with Gasteiger partial charge in [-0.2, -0.15) is 0 Å². The van der Waals surface area contributed by atoms with E-state index < -0.39 is 5.60 Å². The van der Waals surface area contributed by atoms with E-state index in [0.29, 0.717) is 12.8 Å². The van der Waals surface area contributed by atoms with E-state index in [1.165, 1.54) is 51.4 Å². The third-order valence-corrected chi connectivity index (χ3v) is 4.77. The van der Waals surface area contributed by atoms with E-state index in [0.717, 1.165) is 19.3 Å². The lowest BCUT2D eigenvalue weighted by molar-refractivity contribution is -0.196. The van der Waals surface area contributed by atoms with Gasteiger partial charge in [-0.05, 0) is 13.3 Å². The molecule has 0 aromatic heterocycles. The smallest absolute Gasteiger partial charge is 0.310 e. The lowest BCUT2D eigenvalue weighted by Gasteiger charge is -2.41. The fraction of sp³-hybridized carbons (Fsp3) is 0.850. The number of allylic oxidation sites excluding steroid dienone is 1. The van der Waals surface area contributed by atoms with Gasteiger partial charge in [0.1, 0.15) is 5.60 Å². The van der Waals surface area contributed by atoms with Crippen molar-refractivity contribution in [1.29, 1.82) is 0 Å². The number of aliphatic hydroxyl groups excluding tert-OH is 1. The molecular weight excluding hydrogens is 288 g/mol. The molecular formula is C20H36O3. The van der Waals surface area contributed by atoms with E-state index in [-0.39, 0.29) is 12.1 Å². The molecule has 3 heteroatoms. The van der Waals surface area contributed by atoms with Gasteiger partial charge >= 0.3 is 5.97 Å². The Balaban J connectivity index is 2.05. The van der Waals surface area contributed by atoms with Crippen LogP contribution in [0.15, 0.2) is 12.2 Å². The number of carbonyl (C=O) groups is 1. The highest BCUT2D eigenvalue weighted by Gasteiger charge is 2.46. The third-order valence-electron chi connectivity index (χ3n) is 4.77. The highest BCUT2D eigenvalue weighted by molar-refractivity contribution is 5.77. The molecule has 1 saturated heterocycles. The van der Waals surface area contributed by atoms with Crippen LogP contribution in [0.25, 0.3) is 0 Å². The molecule has 0 amide bonds. The lowest BCUT2D eigenvalue weighted by Crippen LogP contribution is -2.49. The van der Waals surface area contributed by atoms with E-state index in [9.17, 15) is 9.90 Å². The molecule has 1 unspecified atom stereocenters. The van der Waals surface area contributed by atoms with E-state index in [2.05, 4.69) is 6.92 Å². The van der Waals surface area contributed by atoms with Crippen molar-refractivity contribution in [3.05, 3.63) is 12.2 Å². The first-order valence-electron chi connectivity index (χ1n) is 9.63. The van der Waals surface area contributed by atoms with Crippen LogP contribution in [0.1, 0.15) is 97.3 Å². The molecule has 23 heavy (non-hydrogen) atoms. The predicted molar refractivity (Wildman–Crippen MR) is 95.3 cm³/mol. The van der Waals surface area contributed by atoms with Gasteiger partial charge in [-0.25, -0.2) is 0 Å². The van der Waals surface area contributed by atoms with Crippen LogP contribution in [0, 0.1) is 0 Å². The molecule has 1 heterocycles. The minimum Gasteiger partial charge on any atom is -0.458 e. The predicted octanol–water partition coefficient (Wildman–Crippen LogP) is 5.31. The summed E-state index contributed by atoms with van der Waals surface area (Å²) in [6.45, 7) is 4.21. The number of ether oxygens (including phenoxy) is 1. The van der Waals surface area contributed by atoms with Crippen LogP contribution in [-0.2, 0) is 9.53 Å². The summed E-state index contributed by atoms with van der Waals surface area (Å²) in [4.78, 5) is 11.2. The fourth-order valence-corrected chi connectivity index (χ4v) is 3.36. The molecule has 1 rings (SSSR count). The van der Waals surface area contributed by atoms with Gasteiger partial charge in [0.05, 0.1) is 12.5 Å². The van der Waals surface area contributed by atoms with Crippen LogP contribution < -0.4 is 0 Å². The van der Waals surface area contributed by atoms with Crippen LogP contribution in [0.3, 0.4) is 0 Å². The van der Waals surface area contributed by atoms with Gasteiger partial charge in [0.15, 0.2) is 0 Å². The van der Waals surface area contributed by atoms with Crippen molar-refractivity contribution in [1.82, 2.24) is 0 Å². The molecule has 0 aromatic rings. The van der Waals surface area contributed by atoms with E-state index >= 15 is 0 Å². The Hall–Kier alpha value is -0.830. The standard InChI is InChI=1S/C20H36O3/c1-3-5-7-8-9-10-11-12-13-14-18(21)16-20(15-6-4-2)17-19(22)23-20/h4,6,18,21H,3,5,7-17H2,1-2H3/t18?,20-/m0/s1. The Labute approximate surface area is 142 Å². The summed E-state index contributed by atoms with van der Waals surface area (Å²) in [7, 11) is 0. The van der Waals surface area contributed by atoms with Gasteiger partial charge in [-0.1, -0.05) is 76.9 Å². The number of esters is 1. The Morgan fingerprint density at radius 1 is 1.13 bits per heavy atom.